The van der Waals surface area contributed by atoms with Crippen LogP contribution in [-0.2, 0) is 10.0 Å². The molecule has 1 aliphatic rings. The molecule has 0 atom stereocenters. The lowest BCUT2D eigenvalue weighted by molar-refractivity contribution is 0.580. The summed E-state index contributed by atoms with van der Waals surface area (Å²) in [5.41, 5.74) is 1.61. The molecule has 0 saturated carbocycles. The van der Waals surface area contributed by atoms with Gasteiger partial charge in [0, 0.05) is 18.0 Å². The maximum atomic E-state index is 12.4. The summed E-state index contributed by atoms with van der Waals surface area (Å²) in [6.07, 6.45) is 5.34. The lowest BCUT2D eigenvalue weighted by atomic mass is 10.1. The molecule has 1 saturated heterocycles. The van der Waals surface area contributed by atoms with Gasteiger partial charge in [-0.05, 0) is 62.4 Å². The minimum atomic E-state index is -3.65. The van der Waals surface area contributed by atoms with Crippen molar-refractivity contribution >= 4 is 32.6 Å². The zero-order valence-electron chi connectivity index (χ0n) is 14.5. The van der Waals surface area contributed by atoms with Crippen molar-refractivity contribution in [1.82, 2.24) is 4.83 Å². The van der Waals surface area contributed by atoms with Crippen molar-refractivity contribution in [3.63, 3.8) is 0 Å². The van der Waals surface area contributed by atoms with Gasteiger partial charge in [-0.15, -0.1) is 11.3 Å². The number of nitrogens with one attached hydrogen (secondary N) is 1. The van der Waals surface area contributed by atoms with Crippen molar-refractivity contribution in [2.45, 2.75) is 38.0 Å². The highest BCUT2D eigenvalue weighted by molar-refractivity contribution is 7.89. The second-order valence-corrected chi connectivity index (χ2v) is 9.07. The van der Waals surface area contributed by atoms with Crippen LogP contribution in [-0.4, -0.2) is 27.7 Å². The molecule has 1 aromatic heterocycles. The number of anilines is 1. The third kappa shape index (κ3) is 4.41. The van der Waals surface area contributed by atoms with E-state index in [0.717, 1.165) is 23.5 Å². The summed E-state index contributed by atoms with van der Waals surface area (Å²) in [7, 11) is -3.65. The monoisotopic (exact) mass is 377 g/mol. The Bertz CT molecular complexity index is 866. The molecule has 25 heavy (non-hydrogen) atoms. The molecule has 2 aromatic rings. The fourth-order valence-corrected chi connectivity index (χ4v) is 4.95. The van der Waals surface area contributed by atoms with Gasteiger partial charge < -0.3 is 4.90 Å². The molecular formula is C18H23N3O2S2. The van der Waals surface area contributed by atoms with Gasteiger partial charge in [0.2, 0.25) is 0 Å². The molecule has 0 aliphatic carbocycles. The van der Waals surface area contributed by atoms with E-state index >= 15 is 0 Å². The Balaban J connectivity index is 1.68. The van der Waals surface area contributed by atoms with E-state index in [4.69, 9.17) is 0 Å². The van der Waals surface area contributed by atoms with Crippen molar-refractivity contribution in [2.24, 2.45) is 5.10 Å². The first-order valence-corrected chi connectivity index (χ1v) is 10.7. The van der Waals surface area contributed by atoms with E-state index in [1.165, 1.54) is 24.3 Å². The first kappa shape index (κ1) is 17.9. The normalized spacial score (nSPS) is 15.7. The number of nitrogens with zero attached hydrogens (tertiary/aromatic N) is 2. The number of rotatable bonds is 5. The van der Waals surface area contributed by atoms with E-state index in [0.29, 0.717) is 5.56 Å². The van der Waals surface area contributed by atoms with Crippen LogP contribution in [0.4, 0.5) is 5.00 Å². The maximum Gasteiger partial charge on any atom is 0.276 e. The number of thiophene rings is 1. The molecule has 0 radical (unpaired) electrons. The molecule has 0 bridgehead atoms. The summed E-state index contributed by atoms with van der Waals surface area (Å²) in [4.78, 5) is 5.90. The van der Waals surface area contributed by atoms with Gasteiger partial charge in [-0.1, -0.05) is 12.1 Å². The number of benzene rings is 1. The summed E-state index contributed by atoms with van der Waals surface area (Å²) < 4.78 is 24.8. The van der Waals surface area contributed by atoms with Crippen LogP contribution < -0.4 is 9.73 Å². The number of piperidine rings is 1. The Morgan fingerprint density at radius 3 is 2.64 bits per heavy atom. The highest BCUT2D eigenvalue weighted by atomic mass is 32.2. The third-order valence-electron chi connectivity index (χ3n) is 4.28. The minimum absolute atomic E-state index is 0.268. The molecule has 1 aromatic carbocycles. The van der Waals surface area contributed by atoms with Crippen molar-refractivity contribution < 1.29 is 8.42 Å². The van der Waals surface area contributed by atoms with Crippen molar-refractivity contribution in [3.05, 3.63) is 46.3 Å². The van der Waals surface area contributed by atoms with E-state index < -0.39 is 10.0 Å². The zero-order valence-corrected chi connectivity index (χ0v) is 16.2. The van der Waals surface area contributed by atoms with Crippen molar-refractivity contribution in [1.29, 1.82) is 0 Å². The molecule has 1 N–H and O–H groups in total. The van der Waals surface area contributed by atoms with E-state index in [9.17, 15) is 8.42 Å². The van der Waals surface area contributed by atoms with Crippen LogP contribution in [0.5, 0.6) is 0 Å². The number of hydrogen-bond acceptors (Lipinski definition) is 5. The smallest absolute Gasteiger partial charge is 0.276 e. The molecule has 1 fully saturated rings. The zero-order chi connectivity index (χ0) is 17.9. The van der Waals surface area contributed by atoms with E-state index in [1.807, 2.05) is 19.1 Å². The fourth-order valence-electron chi connectivity index (χ4n) is 2.90. The lowest BCUT2D eigenvalue weighted by Crippen LogP contribution is -2.28. The molecule has 0 unspecified atom stereocenters. The van der Waals surface area contributed by atoms with Crippen LogP contribution in [0.3, 0.4) is 0 Å². The number of hydrazone groups is 1. The van der Waals surface area contributed by atoms with Crippen LogP contribution >= 0.6 is 11.3 Å². The predicted octanol–water partition coefficient (Wildman–Crippen LogP) is 3.67. The molecule has 0 amide bonds. The molecule has 5 nitrogen and oxygen atoms in total. The topological polar surface area (TPSA) is 61.8 Å². The SMILES string of the molecule is Cc1ccc(C)c(S(=O)(=O)N/N=C\c2ccc(N3CCCCC3)s2)c1. The Morgan fingerprint density at radius 1 is 1.12 bits per heavy atom. The summed E-state index contributed by atoms with van der Waals surface area (Å²) in [5.74, 6) is 0. The molecule has 3 rings (SSSR count). The molecular weight excluding hydrogens is 354 g/mol. The highest BCUT2D eigenvalue weighted by Crippen LogP contribution is 2.27. The molecule has 134 valence electrons. The second-order valence-electron chi connectivity index (χ2n) is 6.35. The molecule has 0 spiro atoms. The number of hydrogen-bond donors (Lipinski definition) is 1. The summed E-state index contributed by atoms with van der Waals surface area (Å²) in [6, 6.07) is 9.41. The first-order valence-electron chi connectivity index (χ1n) is 8.43. The molecule has 7 heteroatoms. The van der Waals surface area contributed by atoms with Gasteiger partial charge in [-0.25, -0.2) is 4.83 Å². The van der Waals surface area contributed by atoms with Gasteiger partial charge in [0.1, 0.15) is 0 Å². The van der Waals surface area contributed by atoms with Gasteiger partial charge in [0.15, 0.2) is 0 Å². The largest absolute Gasteiger partial charge is 0.363 e. The Kier molecular flexibility index (Phi) is 5.44. The predicted molar refractivity (Wildman–Crippen MR) is 104 cm³/mol. The van der Waals surface area contributed by atoms with Crippen LogP contribution in [0.25, 0.3) is 0 Å². The van der Waals surface area contributed by atoms with Crippen LogP contribution in [0.2, 0.25) is 0 Å². The van der Waals surface area contributed by atoms with Gasteiger partial charge >= 0.3 is 0 Å². The van der Waals surface area contributed by atoms with Crippen molar-refractivity contribution in [2.75, 3.05) is 18.0 Å². The Morgan fingerprint density at radius 2 is 1.88 bits per heavy atom. The van der Waals surface area contributed by atoms with Gasteiger partial charge in [-0.3, -0.25) is 0 Å². The summed E-state index contributed by atoms with van der Waals surface area (Å²) in [5, 5.41) is 5.17. The quantitative estimate of drug-likeness (QED) is 0.639. The average molecular weight is 378 g/mol. The second kappa shape index (κ2) is 7.58. The van der Waals surface area contributed by atoms with E-state index in [2.05, 4.69) is 20.9 Å². The Hall–Kier alpha value is -1.86. The lowest BCUT2D eigenvalue weighted by Gasteiger charge is -2.27. The Labute approximate surface area is 153 Å². The highest BCUT2D eigenvalue weighted by Gasteiger charge is 2.16. The van der Waals surface area contributed by atoms with Gasteiger partial charge in [0.25, 0.3) is 10.0 Å². The minimum Gasteiger partial charge on any atom is -0.363 e. The maximum absolute atomic E-state index is 12.4. The third-order valence-corrected chi connectivity index (χ3v) is 6.72. The first-order chi connectivity index (χ1) is 12.0. The standard InChI is InChI=1S/C18H23N3O2S2/c1-14-6-7-15(2)17(12-14)25(22,23)20-19-13-16-8-9-18(24-16)21-10-4-3-5-11-21/h6-9,12-13,20H,3-5,10-11H2,1-2H3/b19-13-. The number of sulfonamides is 1. The molecule has 1 aliphatic heterocycles. The van der Waals surface area contributed by atoms with Gasteiger partial charge in [0.05, 0.1) is 16.1 Å². The van der Waals surface area contributed by atoms with Crippen LogP contribution in [0.1, 0.15) is 35.3 Å². The van der Waals surface area contributed by atoms with Crippen LogP contribution in [0.15, 0.2) is 40.3 Å². The average Bonchev–Trinajstić information content (AvgIpc) is 3.06. The fraction of sp³-hybridized carbons (Fsp3) is 0.389. The number of aryl methyl sites for hydroxylation is 2. The van der Waals surface area contributed by atoms with E-state index in [-0.39, 0.29) is 4.90 Å². The summed E-state index contributed by atoms with van der Waals surface area (Å²) >= 11 is 1.63. The summed E-state index contributed by atoms with van der Waals surface area (Å²) in [6.45, 7) is 5.84. The molecule has 2 heterocycles. The van der Waals surface area contributed by atoms with Crippen molar-refractivity contribution in [3.8, 4) is 0 Å². The van der Waals surface area contributed by atoms with E-state index in [1.54, 1.807) is 36.6 Å². The van der Waals surface area contributed by atoms with Crippen LogP contribution in [0, 0.1) is 13.8 Å². The van der Waals surface area contributed by atoms with Gasteiger partial charge in [-0.2, -0.15) is 13.5 Å².